The Labute approximate surface area is 152 Å². The van der Waals surface area contributed by atoms with Crippen molar-refractivity contribution in [3.8, 4) is 0 Å². The number of hydrogen-bond donors (Lipinski definition) is 4. The first-order valence-corrected chi connectivity index (χ1v) is 10.7. The van der Waals surface area contributed by atoms with E-state index in [-0.39, 0.29) is 18.6 Å². The van der Waals surface area contributed by atoms with Gasteiger partial charge in [-0.2, -0.15) is 4.31 Å². The van der Waals surface area contributed by atoms with Crippen molar-refractivity contribution < 1.29 is 42.1 Å². The molecule has 1 aromatic heterocycles. The van der Waals surface area contributed by atoms with E-state index < -0.39 is 51.9 Å². The Kier molecular flexibility index (Phi) is 6.96. The molecule has 0 aromatic carbocycles. The van der Waals surface area contributed by atoms with E-state index in [2.05, 4.69) is 18.3 Å². The molecule has 2 unspecified atom stereocenters. The molecule has 0 amide bonds. The van der Waals surface area contributed by atoms with Crippen LogP contribution in [0.25, 0.3) is 0 Å². The minimum Gasteiger partial charge on any atom is -0.390 e. The minimum atomic E-state index is -4.98. The maximum absolute atomic E-state index is 11.9. The summed E-state index contributed by atoms with van der Waals surface area (Å²) in [6.07, 6.45) is -2.08. The zero-order chi connectivity index (χ0) is 20.4. The molecule has 2 rings (SSSR count). The predicted molar refractivity (Wildman–Crippen MR) is 88.9 cm³/mol. The van der Waals surface area contributed by atoms with Crippen molar-refractivity contribution in [1.82, 2.24) is 9.55 Å². The monoisotopic (exact) mass is 430 g/mol. The summed E-state index contributed by atoms with van der Waals surface area (Å²) in [5.74, 6) is 0. The van der Waals surface area contributed by atoms with Crippen molar-refractivity contribution in [1.29, 1.82) is 0 Å². The van der Waals surface area contributed by atoms with E-state index in [1.54, 1.807) is 0 Å². The topological polar surface area (TPSA) is 187 Å². The van der Waals surface area contributed by atoms with E-state index in [1.165, 1.54) is 20.0 Å². The summed E-state index contributed by atoms with van der Waals surface area (Å²) in [5, 5.41) is 10.0. The van der Waals surface area contributed by atoms with Crippen LogP contribution in [0.2, 0.25) is 0 Å². The lowest BCUT2D eigenvalue weighted by atomic mass is 10.2. The number of ether oxygens (including phenoxy) is 1. The average Bonchev–Trinajstić information content (AvgIpc) is 2.88. The summed E-state index contributed by atoms with van der Waals surface area (Å²) >= 11 is 0. The summed E-state index contributed by atoms with van der Waals surface area (Å²) in [5.41, 5.74) is -1.07. The molecule has 0 bridgehead atoms. The number of phosphoric ester groups is 2. The van der Waals surface area contributed by atoms with Crippen LogP contribution in [0.5, 0.6) is 0 Å². The van der Waals surface area contributed by atoms with Crippen LogP contribution in [0, 0.1) is 6.92 Å². The SMILES string of the molecule is CCOP(=O)(O)OP(=O)(O)OC[C@H]1O[C@@H](n2cc(C)c(=O)[nH]c2=O)C[C@@H]1O. The van der Waals surface area contributed by atoms with Gasteiger partial charge in [-0.1, -0.05) is 0 Å². The van der Waals surface area contributed by atoms with Crippen LogP contribution in [0.15, 0.2) is 15.8 Å². The molecule has 1 aromatic rings. The summed E-state index contributed by atoms with van der Waals surface area (Å²) < 4.78 is 42.5. The molecule has 0 saturated carbocycles. The molecule has 13 nitrogen and oxygen atoms in total. The Bertz CT molecular complexity index is 881. The third-order valence-corrected chi connectivity index (χ3v) is 6.27. The Morgan fingerprint density at radius 3 is 2.56 bits per heavy atom. The maximum atomic E-state index is 11.9. The highest BCUT2D eigenvalue weighted by atomic mass is 31.3. The highest BCUT2D eigenvalue weighted by Crippen LogP contribution is 2.60. The zero-order valence-electron chi connectivity index (χ0n) is 14.4. The Hall–Kier alpha value is -1.14. The molecule has 1 aliphatic rings. The standard InChI is InChI=1S/C12H20N2O11P2/c1-3-22-26(18,19)25-27(20,21)23-6-9-8(15)4-10(24-9)14-5-7(2)11(16)13-12(14)17/h5,8-10,15H,3-4,6H2,1-2H3,(H,18,19)(H,20,21)(H,13,16,17)/t8-,9+,10+/m0/s1. The van der Waals surface area contributed by atoms with Gasteiger partial charge in [-0.3, -0.25) is 23.4 Å². The number of aliphatic hydroxyl groups is 1. The highest BCUT2D eigenvalue weighted by Gasteiger charge is 2.40. The van der Waals surface area contributed by atoms with Gasteiger partial charge in [0.25, 0.3) is 5.56 Å². The minimum absolute atomic E-state index is 0.0621. The summed E-state index contributed by atoms with van der Waals surface area (Å²) in [7, 11) is -9.77. The van der Waals surface area contributed by atoms with E-state index in [9.17, 15) is 33.6 Å². The molecular formula is C12H20N2O11P2. The smallest absolute Gasteiger partial charge is 0.390 e. The summed E-state index contributed by atoms with van der Waals surface area (Å²) in [4.78, 5) is 44.1. The average molecular weight is 430 g/mol. The fourth-order valence-electron chi connectivity index (χ4n) is 2.34. The van der Waals surface area contributed by atoms with Crippen molar-refractivity contribution >= 4 is 15.6 Å². The van der Waals surface area contributed by atoms with Crippen LogP contribution in [0.4, 0.5) is 0 Å². The molecule has 4 N–H and O–H groups in total. The van der Waals surface area contributed by atoms with Crippen LogP contribution in [0.3, 0.4) is 0 Å². The number of nitrogens with zero attached hydrogens (tertiary/aromatic N) is 1. The molecule has 2 heterocycles. The molecule has 1 fully saturated rings. The molecule has 15 heteroatoms. The molecular weight excluding hydrogens is 410 g/mol. The van der Waals surface area contributed by atoms with Crippen LogP contribution in [0.1, 0.15) is 25.1 Å². The maximum Gasteiger partial charge on any atom is 0.481 e. The van der Waals surface area contributed by atoms with Gasteiger partial charge >= 0.3 is 21.3 Å². The molecule has 1 saturated heterocycles. The number of aryl methyl sites for hydroxylation is 1. The second kappa shape index (κ2) is 8.48. The van der Waals surface area contributed by atoms with E-state index in [4.69, 9.17) is 4.74 Å². The summed E-state index contributed by atoms with van der Waals surface area (Å²) in [6.45, 7) is 1.94. The van der Waals surface area contributed by atoms with Gasteiger partial charge in [0.05, 0.1) is 19.3 Å². The van der Waals surface area contributed by atoms with E-state index >= 15 is 0 Å². The van der Waals surface area contributed by atoms with Crippen LogP contribution in [-0.4, -0.2) is 49.9 Å². The quantitative estimate of drug-likeness (QED) is 0.399. The van der Waals surface area contributed by atoms with Gasteiger partial charge in [-0.15, -0.1) is 0 Å². The van der Waals surface area contributed by atoms with E-state index in [1.807, 2.05) is 0 Å². The van der Waals surface area contributed by atoms with Crippen LogP contribution >= 0.6 is 15.6 Å². The van der Waals surface area contributed by atoms with Crippen molar-refractivity contribution in [3.05, 3.63) is 32.6 Å². The summed E-state index contributed by atoms with van der Waals surface area (Å²) in [6, 6.07) is 0. The first-order valence-electron chi connectivity index (χ1n) is 7.75. The first kappa shape index (κ1) is 22.2. The third-order valence-electron chi connectivity index (χ3n) is 3.56. The molecule has 5 atom stereocenters. The molecule has 1 aliphatic heterocycles. The number of phosphoric acid groups is 2. The normalized spacial score (nSPS) is 27.2. The number of rotatable bonds is 8. The Balaban J connectivity index is 2.02. The van der Waals surface area contributed by atoms with Crippen molar-refractivity contribution in [2.24, 2.45) is 0 Å². The van der Waals surface area contributed by atoms with Crippen molar-refractivity contribution in [2.75, 3.05) is 13.2 Å². The van der Waals surface area contributed by atoms with E-state index in [0.29, 0.717) is 0 Å². The van der Waals surface area contributed by atoms with E-state index in [0.717, 1.165) is 4.57 Å². The molecule has 27 heavy (non-hydrogen) atoms. The van der Waals surface area contributed by atoms with Gasteiger partial charge in [-0.25, -0.2) is 13.9 Å². The zero-order valence-corrected chi connectivity index (χ0v) is 16.2. The lowest BCUT2D eigenvalue weighted by Gasteiger charge is -2.19. The molecule has 154 valence electrons. The largest absolute Gasteiger partial charge is 0.481 e. The Morgan fingerprint density at radius 2 is 1.93 bits per heavy atom. The second-order valence-corrected chi connectivity index (χ2v) is 8.69. The number of nitrogens with one attached hydrogen (secondary N) is 1. The number of H-pyrrole nitrogens is 1. The Morgan fingerprint density at radius 1 is 1.30 bits per heavy atom. The number of aromatic nitrogens is 2. The number of hydrogen-bond acceptors (Lipinski definition) is 9. The van der Waals surface area contributed by atoms with Gasteiger partial charge in [0, 0.05) is 18.2 Å². The van der Waals surface area contributed by atoms with Gasteiger partial charge in [0.2, 0.25) is 0 Å². The van der Waals surface area contributed by atoms with Crippen molar-refractivity contribution in [2.45, 2.75) is 38.7 Å². The number of aromatic amines is 1. The highest BCUT2D eigenvalue weighted by molar-refractivity contribution is 7.61. The predicted octanol–water partition coefficient (Wildman–Crippen LogP) is -0.236. The lowest BCUT2D eigenvalue weighted by molar-refractivity contribution is -0.0451. The van der Waals surface area contributed by atoms with Gasteiger partial charge < -0.3 is 19.6 Å². The van der Waals surface area contributed by atoms with Crippen LogP contribution < -0.4 is 11.2 Å². The van der Waals surface area contributed by atoms with Gasteiger partial charge in [0.15, 0.2) is 0 Å². The molecule has 0 spiro atoms. The fraction of sp³-hybridized carbons (Fsp3) is 0.667. The van der Waals surface area contributed by atoms with Crippen LogP contribution in [-0.2, 0) is 27.2 Å². The van der Waals surface area contributed by atoms with Gasteiger partial charge in [-0.05, 0) is 13.8 Å². The van der Waals surface area contributed by atoms with Crippen molar-refractivity contribution in [3.63, 3.8) is 0 Å². The lowest BCUT2D eigenvalue weighted by Crippen LogP contribution is -2.33. The second-order valence-electron chi connectivity index (χ2n) is 5.64. The van der Waals surface area contributed by atoms with Gasteiger partial charge in [0.1, 0.15) is 12.3 Å². The number of aliphatic hydroxyl groups excluding tert-OH is 1. The fourth-order valence-corrected chi connectivity index (χ4v) is 4.43. The third kappa shape index (κ3) is 5.92. The molecule has 0 aliphatic carbocycles. The molecule has 0 radical (unpaired) electrons. The first-order chi connectivity index (χ1) is 12.4.